The van der Waals surface area contributed by atoms with E-state index in [0.717, 1.165) is 28.8 Å². The van der Waals surface area contributed by atoms with Crippen LogP contribution < -0.4 is 5.56 Å². The predicted molar refractivity (Wildman–Crippen MR) is 135 cm³/mol. The Hall–Kier alpha value is -3.98. The van der Waals surface area contributed by atoms with E-state index in [1.165, 1.54) is 5.56 Å². The normalized spacial score (nSPS) is 12.7. The van der Waals surface area contributed by atoms with E-state index < -0.39 is 0 Å². The highest BCUT2D eigenvalue weighted by atomic mass is 16.3. The third-order valence-electron chi connectivity index (χ3n) is 6.44. The highest BCUT2D eigenvalue weighted by Gasteiger charge is 2.31. The van der Waals surface area contributed by atoms with Gasteiger partial charge in [0.1, 0.15) is 18.1 Å². The largest absolute Gasteiger partial charge is 0.468 e. The van der Waals surface area contributed by atoms with Crippen molar-refractivity contribution in [3.63, 3.8) is 0 Å². The molecule has 0 aliphatic carbocycles. The van der Waals surface area contributed by atoms with Crippen molar-refractivity contribution in [1.29, 1.82) is 0 Å². The maximum atomic E-state index is 13.1. The number of furan rings is 2. The number of pyridine rings is 1. The van der Waals surface area contributed by atoms with Gasteiger partial charge in [0.2, 0.25) is 0 Å². The lowest BCUT2D eigenvalue weighted by Crippen LogP contribution is -2.35. The zero-order valence-electron chi connectivity index (χ0n) is 20.7. The van der Waals surface area contributed by atoms with Gasteiger partial charge in [0.05, 0.1) is 25.1 Å². The molecule has 0 fully saturated rings. The molecule has 1 aromatic carbocycles. The monoisotopic (exact) mass is 486 g/mol. The Balaban J connectivity index is 1.54. The molecule has 186 valence electrons. The Morgan fingerprint density at radius 2 is 1.81 bits per heavy atom. The topological polar surface area (TPSA) is 106 Å². The fourth-order valence-electron chi connectivity index (χ4n) is 4.68. The summed E-state index contributed by atoms with van der Waals surface area (Å²) < 4.78 is 13.0. The van der Waals surface area contributed by atoms with Gasteiger partial charge in [-0.05, 0) is 76.2 Å². The minimum atomic E-state index is -0.183. The molecule has 0 saturated heterocycles. The standard InChI is InChI=1S/C27H30N6O3/c1-4-19-9-10-24-20(13-19)14-21(27(34)28-24)15-32(16-22-7-5-11-35-22)25(18(2)3)26-29-30-31-33(26)17-23-8-6-12-36-23/h5-14,18,25H,4,15-17H2,1-3H3,(H,28,34). The fourth-order valence-corrected chi connectivity index (χ4v) is 4.68. The van der Waals surface area contributed by atoms with Crippen LogP contribution in [0.5, 0.6) is 0 Å². The SMILES string of the molecule is CCc1ccc2[nH]c(=O)c(CN(Cc3ccco3)C(c3nnnn3Cc3ccco3)C(C)C)cc2c1. The lowest BCUT2D eigenvalue weighted by molar-refractivity contribution is 0.116. The lowest BCUT2D eigenvalue weighted by atomic mass is 10.00. The van der Waals surface area contributed by atoms with Crippen LogP contribution in [0.15, 0.2) is 74.7 Å². The number of nitrogens with one attached hydrogen (secondary N) is 1. The van der Waals surface area contributed by atoms with Crippen LogP contribution in [-0.2, 0) is 26.1 Å². The molecule has 0 aliphatic rings. The molecule has 1 N–H and O–H groups in total. The average Bonchev–Trinajstić information content (AvgIpc) is 3.64. The molecule has 4 heterocycles. The predicted octanol–water partition coefficient (Wildman–Crippen LogP) is 4.71. The Kier molecular flexibility index (Phi) is 6.81. The van der Waals surface area contributed by atoms with Crippen molar-refractivity contribution < 1.29 is 8.83 Å². The maximum absolute atomic E-state index is 13.1. The number of aromatic amines is 1. The van der Waals surface area contributed by atoms with Crippen LogP contribution in [0.25, 0.3) is 10.9 Å². The minimum Gasteiger partial charge on any atom is -0.468 e. The molecule has 5 aromatic rings. The number of hydrogen-bond donors (Lipinski definition) is 1. The van der Waals surface area contributed by atoms with Crippen molar-refractivity contribution in [1.82, 2.24) is 30.1 Å². The fraction of sp³-hybridized carbons (Fsp3) is 0.333. The number of tetrazole rings is 1. The summed E-state index contributed by atoms with van der Waals surface area (Å²) in [5.74, 6) is 2.42. The Bertz CT molecular complexity index is 1470. The highest BCUT2D eigenvalue weighted by molar-refractivity contribution is 5.79. The van der Waals surface area contributed by atoms with Gasteiger partial charge in [-0.1, -0.05) is 26.8 Å². The molecule has 9 heteroatoms. The van der Waals surface area contributed by atoms with Gasteiger partial charge < -0.3 is 13.8 Å². The molecule has 9 nitrogen and oxygen atoms in total. The van der Waals surface area contributed by atoms with E-state index >= 15 is 0 Å². The van der Waals surface area contributed by atoms with Crippen molar-refractivity contribution in [3.05, 3.63) is 99.9 Å². The van der Waals surface area contributed by atoms with Gasteiger partial charge in [-0.25, -0.2) is 4.68 Å². The second-order valence-corrected chi connectivity index (χ2v) is 9.35. The zero-order valence-corrected chi connectivity index (χ0v) is 20.7. The quantitative estimate of drug-likeness (QED) is 0.305. The van der Waals surface area contributed by atoms with E-state index in [9.17, 15) is 4.79 Å². The number of nitrogens with zero attached hydrogens (tertiary/aromatic N) is 5. The summed E-state index contributed by atoms with van der Waals surface area (Å²) in [4.78, 5) is 18.4. The number of H-pyrrole nitrogens is 1. The summed E-state index contributed by atoms with van der Waals surface area (Å²) in [6, 6.07) is 15.5. The van der Waals surface area contributed by atoms with Crippen LogP contribution in [0.3, 0.4) is 0 Å². The number of rotatable bonds is 10. The van der Waals surface area contributed by atoms with E-state index in [-0.39, 0.29) is 17.5 Å². The van der Waals surface area contributed by atoms with E-state index in [0.29, 0.717) is 31.0 Å². The highest BCUT2D eigenvalue weighted by Crippen LogP contribution is 2.30. The number of aryl methyl sites for hydroxylation is 1. The average molecular weight is 487 g/mol. The van der Waals surface area contributed by atoms with Crippen LogP contribution in [0.4, 0.5) is 0 Å². The summed E-state index contributed by atoms with van der Waals surface area (Å²) in [6.45, 7) is 7.70. The van der Waals surface area contributed by atoms with Crippen molar-refractivity contribution >= 4 is 10.9 Å². The molecule has 1 atom stereocenters. The first-order chi connectivity index (χ1) is 17.5. The van der Waals surface area contributed by atoms with E-state index in [1.54, 1.807) is 17.2 Å². The molecule has 0 spiro atoms. The summed E-state index contributed by atoms with van der Waals surface area (Å²) in [5, 5.41) is 13.6. The molecule has 5 rings (SSSR count). The van der Waals surface area contributed by atoms with E-state index in [1.807, 2.05) is 36.4 Å². The smallest absolute Gasteiger partial charge is 0.252 e. The van der Waals surface area contributed by atoms with Crippen LogP contribution >= 0.6 is 0 Å². The third-order valence-corrected chi connectivity index (χ3v) is 6.44. The molecule has 1 unspecified atom stereocenters. The van der Waals surface area contributed by atoms with Crippen molar-refractivity contribution in [2.75, 3.05) is 0 Å². The molecule has 0 bridgehead atoms. The second kappa shape index (κ2) is 10.3. The number of benzene rings is 1. The molecule has 0 amide bonds. The van der Waals surface area contributed by atoms with Gasteiger partial charge in [-0.15, -0.1) is 5.10 Å². The number of fused-ring (bicyclic) bond motifs is 1. The number of hydrogen-bond acceptors (Lipinski definition) is 7. The van der Waals surface area contributed by atoms with Gasteiger partial charge in [0, 0.05) is 17.6 Å². The summed E-state index contributed by atoms with van der Waals surface area (Å²) in [7, 11) is 0. The summed E-state index contributed by atoms with van der Waals surface area (Å²) in [5.41, 5.74) is 2.64. The third kappa shape index (κ3) is 5.01. The second-order valence-electron chi connectivity index (χ2n) is 9.35. The molecule has 0 saturated carbocycles. The molecule has 4 aromatic heterocycles. The lowest BCUT2D eigenvalue weighted by Gasteiger charge is -2.32. The molecule has 0 radical (unpaired) electrons. The zero-order chi connectivity index (χ0) is 25.1. The van der Waals surface area contributed by atoms with Crippen LogP contribution in [0, 0.1) is 5.92 Å². The number of aromatic nitrogens is 5. The van der Waals surface area contributed by atoms with Crippen LogP contribution in [0.2, 0.25) is 0 Å². The Labute approximate surface area is 208 Å². The van der Waals surface area contributed by atoms with Crippen molar-refractivity contribution in [2.45, 2.75) is 52.9 Å². The van der Waals surface area contributed by atoms with Gasteiger partial charge in [-0.3, -0.25) is 9.69 Å². The molecule has 36 heavy (non-hydrogen) atoms. The first kappa shape index (κ1) is 23.7. The summed E-state index contributed by atoms with van der Waals surface area (Å²) in [6.07, 6.45) is 4.23. The van der Waals surface area contributed by atoms with Crippen LogP contribution in [0.1, 0.15) is 55.3 Å². The molecule has 0 aliphatic heterocycles. The minimum absolute atomic E-state index is 0.103. The first-order valence-electron chi connectivity index (χ1n) is 12.2. The van der Waals surface area contributed by atoms with Crippen molar-refractivity contribution in [3.8, 4) is 0 Å². The Morgan fingerprint density at radius 1 is 1.03 bits per heavy atom. The summed E-state index contributed by atoms with van der Waals surface area (Å²) >= 11 is 0. The van der Waals surface area contributed by atoms with Gasteiger partial charge >= 0.3 is 0 Å². The van der Waals surface area contributed by atoms with Crippen molar-refractivity contribution in [2.24, 2.45) is 5.92 Å². The van der Waals surface area contributed by atoms with Gasteiger partial charge in [0.15, 0.2) is 5.82 Å². The molecular weight excluding hydrogens is 456 g/mol. The van der Waals surface area contributed by atoms with Gasteiger partial charge in [-0.2, -0.15) is 0 Å². The van der Waals surface area contributed by atoms with Gasteiger partial charge in [0.25, 0.3) is 5.56 Å². The molecular formula is C27H30N6O3. The maximum Gasteiger partial charge on any atom is 0.252 e. The Morgan fingerprint density at radius 3 is 2.50 bits per heavy atom. The van der Waals surface area contributed by atoms with Crippen LogP contribution in [-0.4, -0.2) is 30.1 Å². The first-order valence-corrected chi connectivity index (χ1v) is 12.2. The van der Waals surface area contributed by atoms with E-state index in [2.05, 4.69) is 58.3 Å². The van der Waals surface area contributed by atoms with E-state index in [4.69, 9.17) is 8.83 Å².